The highest BCUT2D eigenvalue weighted by molar-refractivity contribution is 7.13. The first-order valence-corrected chi connectivity index (χ1v) is 8.41. The number of halogens is 1. The Morgan fingerprint density at radius 3 is 2.67 bits per heavy atom. The van der Waals surface area contributed by atoms with Gasteiger partial charge in [-0.3, -0.25) is 4.79 Å². The lowest BCUT2D eigenvalue weighted by Gasteiger charge is -2.03. The van der Waals surface area contributed by atoms with E-state index in [9.17, 15) is 4.79 Å². The molecule has 3 aromatic rings. The summed E-state index contributed by atoms with van der Waals surface area (Å²) < 4.78 is 0. The molecule has 118 valence electrons. The zero-order valence-electron chi connectivity index (χ0n) is 12.5. The summed E-state index contributed by atoms with van der Waals surface area (Å²) in [7, 11) is 0. The topological polar surface area (TPSA) is 65.8 Å². The van der Waals surface area contributed by atoms with Crippen LogP contribution >= 0.6 is 22.9 Å². The summed E-state index contributed by atoms with van der Waals surface area (Å²) in [5.41, 5.74) is 2.77. The summed E-state index contributed by atoms with van der Waals surface area (Å²) in [4.78, 5) is 16.6. The largest absolute Gasteiger partial charge is 0.326 e. The van der Waals surface area contributed by atoms with Crippen LogP contribution in [0.4, 0.5) is 5.69 Å². The van der Waals surface area contributed by atoms with Crippen molar-refractivity contribution < 1.29 is 4.79 Å². The molecule has 2 aromatic carbocycles. The van der Waals surface area contributed by atoms with E-state index in [1.54, 1.807) is 24.3 Å². The van der Waals surface area contributed by atoms with Crippen LogP contribution in [0.1, 0.15) is 11.3 Å². The van der Waals surface area contributed by atoms with Crippen LogP contribution in [0.2, 0.25) is 5.02 Å². The van der Waals surface area contributed by atoms with Crippen LogP contribution in [-0.2, 0) is 11.2 Å². The lowest BCUT2D eigenvalue weighted by Crippen LogP contribution is -2.14. The van der Waals surface area contributed by atoms with Gasteiger partial charge in [-0.2, -0.15) is 5.26 Å². The molecule has 0 aliphatic rings. The Bertz CT molecular complexity index is 913. The first-order chi connectivity index (χ1) is 11.7. The predicted molar refractivity (Wildman–Crippen MR) is 96.1 cm³/mol. The van der Waals surface area contributed by atoms with E-state index >= 15 is 0 Å². The number of hydrogen-bond acceptors (Lipinski definition) is 4. The van der Waals surface area contributed by atoms with Gasteiger partial charge in [0.25, 0.3) is 0 Å². The fourth-order valence-corrected chi connectivity index (χ4v) is 3.28. The number of nitrogens with zero attached hydrogens (tertiary/aromatic N) is 2. The summed E-state index contributed by atoms with van der Waals surface area (Å²) >= 11 is 7.63. The summed E-state index contributed by atoms with van der Waals surface area (Å²) in [6.45, 7) is 0. The van der Waals surface area contributed by atoms with Gasteiger partial charge in [0.05, 0.1) is 28.8 Å². The van der Waals surface area contributed by atoms with E-state index in [0.717, 1.165) is 10.6 Å². The van der Waals surface area contributed by atoms with Crippen molar-refractivity contribution in [3.8, 4) is 16.6 Å². The highest BCUT2D eigenvalue weighted by Gasteiger charge is 2.11. The minimum Gasteiger partial charge on any atom is -0.326 e. The molecule has 1 heterocycles. The number of aromatic nitrogens is 1. The first kappa shape index (κ1) is 16.2. The quantitative estimate of drug-likeness (QED) is 0.750. The van der Waals surface area contributed by atoms with Crippen LogP contribution < -0.4 is 5.32 Å². The van der Waals surface area contributed by atoms with Gasteiger partial charge in [0, 0.05) is 16.6 Å². The van der Waals surface area contributed by atoms with Crippen LogP contribution in [0.25, 0.3) is 10.6 Å². The highest BCUT2D eigenvalue weighted by atomic mass is 35.5. The van der Waals surface area contributed by atoms with E-state index in [4.69, 9.17) is 16.9 Å². The fraction of sp³-hybridized carbons (Fsp3) is 0.0556. The van der Waals surface area contributed by atoms with E-state index in [2.05, 4.69) is 10.3 Å². The third-order valence-corrected chi connectivity index (χ3v) is 4.55. The Kier molecular flexibility index (Phi) is 4.90. The fourth-order valence-electron chi connectivity index (χ4n) is 2.14. The van der Waals surface area contributed by atoms with Gasteiger partial charge in [0.15, 0.2) is 0 Å². The number of benzene rings is 2. The Labute approximate surface area is 148 Å². The lowest BCUT2D eigenvalue weighted by molar-refractivity contribution is -0.115. The third kappa shape index (κ3) is 3.80. The van der Waals surface area contributed by atoms with Crippen LogP contribution in [0.5, 0.6) is 0 Å². The number of nitriles is 1. The number of hydrogen-bond donors (Lipinski definition) is 1. The number of thiazole rings is 1. The van der Waals surface area contributed by atoms with Crippen molar-refractivity contribution in [2.24, 2.45) is 0 Å². The Hall–Kier alpha value is -2.68. The molecule has 1 aromatic heterocycles. The molecule has 0 aliphatic heterocycles. The summed E-state index contributed by atoms with van der Waals surface area (Å²) in [6.07, 6.45) is 0.182. The molecule has 1 amide bonds. The molecule has 3 rings (SSSR count). The van der Waals surface area contributed by atoms with Crippen molar-refractivity contribution in [3.05, 3.63) is 70.2 Å². The van der Waals surface area contributed by atoms with Crippen molar-refractivity contribution in [3.63, 3.8) is 0 Å². The average molecular weight is 354 g/mol. The number of rotatable bonds is 4. The average Bonchev–Trinajstić information content (AvgIpc) is 3.04. The molecule has 4 nitrogen and oxygen atoms in total. The van der Waals surface area contributed by atoms with Crippen molar-refractivity contribution in [1.82, 2.24) is 4.98 Å². The van der Waals surface area contributed by atoms with Crippen molar-refractivity contribution in [2.75, 3.05) is 5.32 Å². The van der Waals surface area contributed by atoms with E-state index < -0.39 is 0 Å². The molecule has 24 heavy (non-hydrogen) atoms. The Morgan fingerprint density at radius 1 is 1.21 bits per heavy atom. The van der Waals surface area contributed by atoms with Crippen LogP contribution in [0, 0.1) is 11.3 Å². The summed E-state index contributed by atoms with van der Waals surface area (Å²) in [5, 5.41) is 14.9. The van der Waals surface area contributed by atoms with Gasteiger partial charge in [-0.25, -0.2) is 4.98 Å². The van der Waals surface area contributed by atoms with Crippen LogP contribution in [0.15, 0.2) is 53.9 Å². The molecule has 0 unspecified atom stereocenters. The molecule has 1 N–H and O–H groups in total. The van der Waals surface area contributed by atoms with Gasteiger partial charge in [0.2, 0.25) is 5.91 Å². The maximum Gasteiger partial charge on any atom is 0.230 e. The Morgan fingerprint density at radius 2 is 1.96 bits per heavy atom. The molecule has 0 bridgehead atoms. The second-order valence-electron chi connectivity index (χ2n) is 5.04. The molecule has 0 radical (unpaired) electrons. The minimum absolute atomic E-state index is 0.157. The van der Waals surface area contributed by atoms with Crippen molar-refractivity contribution >= 4 is 34.5 Å². The van der Waals surface area contributed by atoms with E-state index in [0.29, 0.717) is 22.0 Å². The standard InChI is InChI=1S/C18H12ClN3OS/c19-16-4-2-1-3-15(16)18-22-14(11-24-18)9-17(23)21-13-7-5-12(10-20)6-8-13/h1-8,11H,9H2,(H,21,23). The molecule has 0 saturated carbocycles. The molecule has 0 saturated heterocycles. The molecule has 0 aliphatic carbocycles. The van der Waals surface area contributed by atoms with Gasteiger partial charge in [0.1, 0.15) is 5.01 Å². The van der Waals surface area contributed by atoms with Gasteiger partial charge >= 0.3 is 0 Å². The zero-order valence-corrected chi connectivity index (χ0v) is 14.1. The van der Waals surface area contributed by atoms with Gasteiger partial charge in [-0.15, -0.1) is 11.3 Å². The van der Waals surface area contributed by atoms with Crippen LogP contribution in [-0.4, -0.2) is 10.9 Å². The smallest absolute Gasteiger partial charge is 0.230 e. The molecular formula is C18H12ClN3OS. The van der Waals surface area contributed by atoms with E-state index in [-0.39, 0.29) is 12.3 Å². The second kappa shape index (κ2) is 7.26. The van der Waals surface area contributed by atoms with Crippen molar-refractivity contribution in [1.29, 1.82) is 5.26 Å². The van der Waals surface area contributed by atoms with Gasteiger partial charge in [-0.05, 0) is 30.3 Å². The molecular weight excluding hydrogens is 342 g/mol. The number of anilines is 1. The molecule has 0 fully saturated rings. The highest BCUT2D eigenvalue weighted by Crippen LogP contribution is 2.30. The monoisotopic (exact) mass is 353 g/mol. The minimum atomic E-state index is -0.157. The maximum absolute atomic E-state index is 12.1. The number of carbonyl (C=O) groups is 1. The zero-order chi connectivity index (χ0) is 16.9. The molecule has 0 spiro atoms. The SMILES string of the molecule is N#Cc1ccc(NC(=O)Cc2csc(-c3ccccc3Cl)n2)cc1. The van der Waals surface area contributed by atoms with Gasteiger partial charge < -0.3 is 5.32 Å². The van der Waals surface area contributed by atoms with Crippen LogP contribution in [0.3, 0.4) is 0 Å². The van der Waals surface area contributed by atoms with E-state index in [1.165, 1.54) is 11.3 Å². The number of amides is 1. The third-order valence-electron chi connectivity index (χ3n) is 3.30. The van der Waals surface area contributed by atoms with Gasteiger partial charge in [-0.1, -0.05) is 29.8 Å². The van der Waals surface area contributed by atoms with Crippen molar-refractivity contribution in [2.45, 2.75) is 6.42 Å². The molecule has 6 heteroatoms. The van der Waals surface area contributed by atoms with E-state index in [1.807, 2.05) is 35.7 Å². The second-order valence-corrected chi connectivity index (χ2v) is 6.30. The predicted octanol–water partition coefficient (Wildman–Crippen LogP) is 4.52. The summed E-state index contributed by atoms with van der Waals surface area (Å²) in [5.74, 6) is -0.157. The summed E-state index contributed by atoms with van der Waals surface area (Å²) in [6, 6.07) is 16.3. The first-order valence-electron chi connectivity index (χ1n) is 7.15. The Balaban J connectivity index is 1.67. The number of nitrogens with one attached hydrogen (secondary N) is 1. The lowest BCUT2D eigenvalue weighted by atomic mass is 10.2. The number of carbonyl (C=O) groups excluding carboxylic acids is 1. The maximum atomic E-state index is 12.1. The molecule has 0 atom stereocenters. The normalized spacial score (nSPS) is 10.2.